The molecule has 0 saturated heterocycles. The maximum atomic E-state index is 6.42. The van der Waals surface area contributed by atoms with Crippen molar-refractivity contribution in [2.24, 2.45) is 5.73 Å². The topological polar surface area (TPSA) is 35.2 Å². The van der Waals surface area contributed by atoms with Crippen LogP contribution in [0.4, 0.5) is 0 Å². The molecule has 84 valence electrons. The van der Waals surface area contributed by atoms with Crippen LogP contribution in [0.1, 0.15) is 23.1 Å². The Kier molecular flexibility index (Phi) is 4.14. The third kappa shape index (κ3) is 2.51. The van der Waals surface area contributed by atoms with Gasteiger partial charge in [-0.1, -0.05) is 29.8 Å². The largest absolute Gasteiger partial charge is 0.359 e. The third-order valence-electron chi connectivity index (χ3n) is 2.80. The van der Waals surface area contributed by atoms with Crippen LogP contribution in [0.2, 0.25) is 0 Å². The molecule has 0 aliphatic carbocycles. The van der Waals surface area contributed by atoms with Gasteiger partial charge in [-0.05, 0) is 31.5 Å². The fourth-order valence-electron chi connectivity index (χ4n) is 1.69. The minimum absolute atomic E-state index is 0.505. The van der Waals surface area contributed by atoms with Crippen LogP contribution >= 0.6 is 11.6 Å². The van der Waals surface area contributed by atoms with Crippen molar-refractivity contribution in [2.75, 3.05) is 13.7 Å². The lowest BCUT2D eigenvalue weighted by atomic mass is 9.97. The van der Waals surface area contributed by atoms with Crippen molar-refractivity contribution >= 4 is 11.6 Å². The van der Waals surface area contributed by atoms with Gasteiger partial charge in [0, 0.05) is 19.1 Å². The molecular weight excluding hydrogens is 210 g/mol. The molecule has 0 aliphatic rings. The van der Waals surface area contributed by atoms with E-state index in [-0.39, 0.29) is 0 Å². The first kappa shape index (κ1) is 12.5. The van der Waals surface area contributed by atoms with Crippen LogP contribution in [0, 0.1) is 13.8 Å². The molecule has 2 N–H and O–H groups in total. The second-order valence-corrected chi connectivity index (χ2v) is 4.33. The lowest BCUT2D eigenvalue weighted by molar-refractivity contribution is 0.0556. The highest BCUT2D eigenvalue weighted by atomic mass is 35.5. The van der Waals surface area contributed by atoms with Crippen molar-refractivity contribution < 1.29 is 4.74 Å². The van der Waals surface area contributed by atoms with Gasteiger partial charge in [-0.3, -0.25) is 0 Å². The standard InChI is InChI=1S/C12H18ClNO/c1-9-5-4-6-11(10(9)2)12(13,15-3)7-8-14/h4-6H,7-8,14H2,1-3H3. The number of aryl methyl sites for hydroxylation is 1. The van der Waals surface area contributed by atoms with Gasteiger partial charge in [0.05, 0.1) is 0 Å². The minimum Gasteiger partial charge on any atom is -0.359 e. The van der Waals surface area contributed by atoms with E-state index in [0.717, 1.165) is 5.56 Å². The first-order valence-electron chi connectivity index (χ1n) is 5.06. The second kappa shape index (κ2) is 4.97. The van der Waals surface area contributed by atoms with Gasteiger partial charge >= 0.3 is 0 Å². The van der Waals surface area contributed by atoms with Gasteiger partial charge < -0.3 is 10.5 Å². The fraction of sp³-hybridized carbons (Fsp3) is 0.500. The molecule has 15 heavy (non-hydrogen) atoms. The van der Waals surface area contributed by atoms with Crippen molar-refractivity contribution in [3.05, 3.63) is 34.9 Å². The average molecular weight is 228 g/mol. The van der Waals surface area contributed by atoms with Gasteiger partial charge in [-0.25, -0.2) is 0 Å². The summed E-state index contributed by atoms with van der Waals surface area (Å²) in [5, 5.41) is -0.787. The van der Waals surface area contributed by atoms with Crippen LogP contribution in [0.5, 0.6) is 0 Å². The molecule has 0 heterocycles. The average Bonchev–Trinajstić information content (AvgIpc) is 2.22. The van der Waals surface area contributed by atoms with Gasteiger partial charge in [0.15, 0.2) is 5.06 Å². The molecule has 2 nitrogen and oxygen atoms in total. The molecule has 3 heteroatoms. The van der Waals surface area contributed by atoms with Crippen LogP contribution in [-0.4, -0.2) is 13.7 Å². The van der Waals surface area contributed by atoms with Crippen LogP contribution in [0.3, 0.4) is 0 Å². The second-order valence-electron chi connectivity index (χ2n) is 3.72. The zero-order chi connectivity index (χ0) is 11.5. The Labute approximate surface area is 96.4 Å². The Morgan fingerprint density at radius 3 is 2.60 bits per heavy atom. The molecule has 1 rings (SSSR count). The first-order chi connectivity index (χ1) is 7.05. The summed E-state index contributed by atoms with van der Waals surface area (Å²) in [6.07, 6.45) is 0.606. The van der Waals surface area contributed by atoms with Crippen LogP contribution in [0.15, 0.2) is 18.2 Å². The highest BCUT2D eigenvalue weighted by molar-refractivity contribution is 6.23. The molecule has 1 atom stereocenters. The summed E-state index contributed by atoms with van der Waals surface area (Å²) in [6, 6.07) is 6.05. The zero-order valence-corrected chi connectivity index (χ0v) is 10.3. The molecule has 0 amide bonds. The molecule has 1 aromatic carbocycles. The lowest BCUT2D eigenvalue weighted by Crippen LogP contribution is -2.26. The maximum Gasteiger partial charge on any atom is 0.168 e. The summed E-state index contributed by atoms with van der Waals surface area (Å²) in [4.78, 5) is 0. The number of hydrogen-bond donors (Lipinski definition) is 1. The lowest BCUT2D eigenvalue weighted by Gasteiger charge is -2.27. The van der Waals surface area contributed by atoms with E-state index in [2.05, 4.69) is 19.9 Å². The van der Waals surface area contributed by atoms with Crippen LogP contribution in [0.25, 0.3) is 0 Å². The van der Waals surface area contributed by atoms with E-state index >= 15 is 0 Å². The molecule has 0 aliphatic heterocycles. The Bertz CT molecular complexity index is 340. The van der Waals surface area contributed by atoms with Crippen molar-refractivity contribution in [3.8, 4) is 0 Å². The van der Waals surface area contributed by atoms with Gasteiger partial charge in [-0.15, -0.1) is 0 Å². The highest BCUT2D eigenvalue weighted by Gasteiger charge is 2.30. The third-order valence-corrected chi connectivity index (χ3v) is 3.34. The fourth-order valence-corrected chi connectivity index (χ4v) is 2.00. The highest BCUT2D eigenvalue weighted by Crippen LogP contribution is 2.35. The molecule has 0 radical (unpaired) electrons. The van der Waals surface area contributed by atoms with Crippen LogP contribution in [-0.2, 0) is 9.80 Å². The minimum atomic E-state index is -0.787. The Morgan fingerprint density at radius 2 is 2.07 bits per heavy atom. The van der Waals surface area contributed by atoms with Crippen molar-refractivity contribution in [3.63, 3.8) is 0 Å². The van der Waals surface area contributed by atoms with Gasteiger partial charge in [0.1, 0.15) is 0 Å². The summed E-state index contributed by atoms with van der Waals surface area (Å²) in [5.74, 6) is 0. The van der Waals surface area contributed by atoms with E-state index in [1.165, 1.54) is 11.1 Å². The zero-order valence-electron chi connectivity index (χ0n) is 9.51. The number of methoxy groups -OCH3 is 1. The van der Waals surface area contributed by atoms with Crippen molar-refractivity contribution in [1.29, 1.82) is 0 Å². The number of halogens is 1. The normalized spacial score (nSPS) is 15.0. The van der Waals surface area contributed by atoms with E-state index in [4.69, 9.17) is 22.1 Å². The SMILES string of the molecule is COC(Cl)(CCN)c1cccc(C)c1C. The summed E-state index contributed by atoms with van der Waals surface area (Å²) >= 11 is 6.42. The quantitative estimate of drug-likeness (QED) is 0.803. The molecule has 1 aromatic rings. The van der Waals surface area contributed by atoms with E-state index in [1.807, 2.05) is 12.1 Å². The van der Waals surface area contributed by atoms with E-state index in [0.29, 0.717) is 13.0 Å². The number of alkyl halides is 1. The number of nitrogens with two attached hydrogens (primary N) is 1. The molecular formula is C12H18ClNO. The molecule has 1 unspecified atom stereocenters. The van der Waals surface area contributed by atoms with Gasteiger partial charge in [0.2, 0.25) is 0 Å². The van der Waals surface area contributed by atoms with Crippen molar-refractivity contribution in [2.45, 2.75) is 25.3 Å². The first-order valence-corrected chi connectivity index (χ1v) is 5.44. The monoisotopic (exact) mass is 227 g/mol. The van der Waals surface area contributed by atoms with Gasteiger partial charge in [0.25, 0.3) is 0 Å². The summed E-state index contributed by atoms with van der Waals surface area (Å²) in [6.45, 7) is 4.62. The molecule has 0 bridgehead atoms. The predicted molar refractivity (Wildman–Crippen MR) is 64.1 cm³/mol. The Hall–Kier alpha value is -0.570. The van der Waals surface area contributed by atoms with E-state index in [1.54, 1.807) is 7.11 Å². The summed E-state index contributed by atoms with van der Waals surface area (Å²) in [7, 11) is 1.62. The maximum absolute atomic E-state index is 6.42. The summed E-state index contributed by atoms with van der Waals surface area (Å²) < 4.78 is 5.39. The van der Waals surface area contributed by atoms with Crippen LogP contribution < -0.4 is 5.73 Å². The molecule has 0 aromatic heterocycles. The number of ether oxygens (including phenoxy) is 1. The molecule has 0 saturated carbocycles. The van der Waals surface area contributed by atoms with Crippen molar-refractivity contribution in [1.82, 2.24) is 0 Å². The van der Waals surface area contributed by atoms with E-state index in [9.17, 15) is 0 Å². The number of benzene rings is 1. The number of rotatable bonds is 4. The smallest absolute Gasteiger partial charge is 0.168 e. The predicted octanol–water partition coefficient (Wildman–Crippen LogP) is 2.69. The van der Waals surface area contributed by atoms with E-state index < -0.39 is 5.06 Å². The molecule has 0 fully saturated rings. The Balaban J connectivity index is 3.17. The Morgan fingerprint density at radius 1 is 1.40 bits per heavy atom. The summed E-state index contributed by atoms with van der Waals surface area (Å²) in [5.41, 5.74) is 8.95. The van der Waals surface area contributed by atoms with Gasteiger partial charge in [-0.2, -0.15) is 0 Å². The molecule has 0 spiro atoms. The number of hydrogen-bond acceptors (Lipinski definition) is 2.